The highest BCUT2D eigenvalue weighted by Crippen LogP contribution is 2.47. The number of hydrogen-bond donors (Lipinski definition) is 0. The van der Waals surface area contributed by atoms with Crippen LogP contribution in [0.4, 0.5) is 0 Å². The van der Waals surface area contributed by atoms with E-state index in [-0.39, 0.29) is 10.8 Å². The van der Waals surface area contributed by atoms with Gasteiger partial charge in [0.05, 0.1) is 23.0 Å². The Hall–Kier alpha value is -1.02. The van der Waals surface area contributed by atoms with E-state index >= 15 is 0 Å². The van der Waals surface area contributed by atoms with Gasteiger partial charge in [0.15, 0.2) is 0 Å². The van der Waals surface area contributed by atoms with Gasteiger partial charge in [-0.15, -0.1) is 0 Å². The van der Waals surface area contributed by atoms with E-state index in [0.29, 0.717) is 0 Å². The van der Waals surface area contributed by atoms with Gasteiger partial charge in [-0.3, -0.25) is 0 Å². The summed E-state index contributed by atoms with van der Waals surface area (Å²) in [5.41, 5.74) is -0.479. The number of hydrogen-bond acceptors (Lipinski definition) is 2. The molecule has 0 aromatic heterocycles. The molecule has 0 bridgehead atoms. The van der Waals surface area contributed by atoms with Crippen LogP contribution in [0.15, 0.2) is 0 Å². The fourth-order valence-corrected chi connectivity index (χ4v) is 2.31. The molecule has 1 fully saturated rings. The molecule has 0 saturated heterocycles. The van der Waals surface area contributed by atoms with Crippen molar-refractivity contribution in [2.45, 2.75) is 46.0 Å². The van der Waals surface area contributed by atoms with Crippen LogP contribution in [0, 0.1) is 33.5 Å². The highest BCUT2D eigenvalue weighted by Gasteiger charge is 2.41. The third-order valence-electron chi connectivity index (χ3n) is 3.30. The highest BCUT2D eigenvalue weighted by atomic mass is 14.5. The largest absolute Gasteiger partial charge is 0.198 e. The van der Waals surface area contributed by atoms with E-state index in [9.17, 15) is 0 Å². The van der Waals surface area contributed by atoms with Crippen LogP contribution in [0.25, 0.3) is 0 Å². The fraction of sp³-hybridized carbons (Fsp3) is 0.818. The lowest BCUT2D eigenvalue weighted by Crippen LogP contribution is -2.32. The van der Waals surface area contributed by atoms with Gasteiger partial charge in [-0.2, -0.15) is 10.5 Å². The molecule has 0 radical (unpaired) electrons. The molecule has 1 aliphatic rings. The molecule has 1 aliphatic carbocycles. The second kappa shape index (κ2) is 3.38. The van der Waals surface area contributed by atoms with Gasteiger partial charge < -0.3 is 0 Å². The molecule has 2 atom stereocenters. The van der Waals surface area contributed by atoms with Gasteiger partial charge in [-0.25, -0.2) is 0 Å². The standard InChI is InChI=1S/C11H16N2/c1-3-11(9-13)6-4-5-10(2,7-11)8-12/h3-7H2,1-2H3. The van der Waals surface area contributed by atoms with Crippen LogP contribution in [-0.4, -0.2) is 0 Å². The normalized spacial score (nSPS) is 39.1. The fourth-order valence-electron chi connectivity index (χ4n) is 2.31. The van der Waals surface area contributed by atoms with E-state index < -0.39 is 0 Å². The zero-order valence-electron chi connectivity index (χ0n) is 8.43. The first-order valence-corrected chi connectivity index (χ1v) is 4.92. The van der Waals surface area contributed by atoms with Gasteiger partial charge in [0.25, 0.3) is 0 Å². The molecule has 0 aromatic rings. The van der Waals surface area contributed by atoms with Crippen molar-refractivity contribution in [2.75, 3.05) is 0 Å². The molecular weight excluding hydrogens is 160 g/mol. The number of nitrogens with zero attached hydrogens (tertiary/aromatic N) is 2. The van der Waals surface area contributed by atoms with Crippen LogP contribution in [0.2, 0.25) is 0 Å². The zero-order valence-corrected chi connectivity index (χ0v) is 8.43. The molecule has 0 heterocycles. The van der Waals surface area contributed by atoms with E-state index in [0.717, 1.165) is 32.1 Å². The van der Waals surface area contributed by atoms with Crippen LogP contribution in [0.1, 0.15) is 46.0 Å². The Morgan fingerprint density at radius 3 is 2.38 bits per heavy atom. The van der Waals surface area contributed by atoms with E-state index in [1.165, 1.54) is 0 Å². The molecule has 2 heteroatoms. The first kappa shape index (κ1) is 10.1. The predicted octanol–water partition coefficient (Wildman–Crippen LogP) is 3.01. The van der Waals surface area contributed by atoms with Crippen LogP contribution in [-0.2, 0) is 0 Å². The van der Waals surface area contributed by atoms with Gasteiger partial charge in [0.2, 0.25) is 0 Å². The molecule has 0 aliphatic heterocycles. The maximum absolute atomic E-state index is 9.11. The maximum atomic E-state index is 9.11. The molecule has 0 amide bonds. The third kappa shape index (κ3) is 1.83. The minimum Gasteiger partial charge on any atom is -0.198 e. The van der Waals surface area contributed by atoms with Crippen LogP contribution in [0.3, 0.4) is 0 Å². The van der Waals surface area contributed by atoms with E-state index in [4.69, 9.17) is 10.5 Å². The first-order valence-electron chi connectivity index (χ1n) is 4.92. The zero-order chi connectivity index (χ0) is 9.95. The Bertz CT molecular complexity index is 271. The monoisotopic (exact) mass is 176 g/mol. The van der Waals surface area contributed by atoms with Gasteiger partial charge >= 0.3 is 0 Å². The van der Waals surface area contributed by atoms with Crippen LogP contribution < -0.4 is 0 Å². The number of rotatable bonds is 1. The van der Waals surface area contributed by atoms with Crippen molar-refractivity contribution in [1.82, 2.24) is 0 Å². The average molecular weight is 176 g/mol. The van der Waals surface area contributed by atoms with Gasteiger partial charge in [-0.05, 0) is 32.6 Å². The molecule has 1 saturated carbocycles. The lowest BCUT2D eigenvalue weighted by molar-refractivity contribution is 0.156. The topological polar surface area (TPSA) is 47.6 Å². The quantitative estimate of drug-likeness (QED) is 0.616. The summed E-state index contributed by atoms with van der Waals surface area (Å²) < 4.78 is 0. The third-order valence-corrected chi connectivity index (χ3v) is 3.30. The molecule has 2 unspecified atom stereocenters. The van der Waals surface area contributed by atoms with E-state index in [1.807, 2.05) is 13.8 Å². The summed E-state index contributed by atoms with van der Waals surface area (Å²) >= 11 is 0. The summed E-state index contributed by atoms with van der Waals surface area (Å²) in [7, 11) is 0. The summed E-state index contributed by atoms with van der Waals surface area (Å²) in [6.45, 7) is 4.03. The van der Waals surface area contributed by atoms with Crippen molar-refractivity contribution < 1.29 is 0 Å². The Balaban J connectivity index is 2.84. The molecule has 1 rings (SSSR count). The van der Waals surface area contributed by atoms with E-state index in [2.05, 4.69) is 12.1 Å². The summed E-state index contributed by atoms with van der Waals surface area (Å²) in [5, 5.41) is 18.1. The molecular formula is C11H16N2. The lowest BCUT2D eigenvalue weighted by Gasteiger charge is -2.38. The Kier molecular flexibility index (Phi) is 2.62. The van der Waals surface area contributed by atoms with Crippen LogP contribution >= 0.6 is 0 Å². The minimum atomic E-state index is -0.260. The Morgan fingerprint density at radius 2 is 1.92 bits per heavy atom. The van der Waals surface area contributed by atoms with Crippen molar-refractivity contribution >= 4 is 0 Å². The SMILES string of the molecule is CCC1(C#N)CCCC(C)(C#N)C1. The second-order valence-corrected chi connectivity index (χ2v) is 4.45. The minimum absolute atomic E-state index is 0.220. The Morgan fingerprint density at radius 1 is 1.23 bits per heavy atom. The maximum Gasteiger partial charge on any atom is 0.0690 e. The number of nitriles is 2. The van der Waals surface area contributed by atoms with Crippen LogP contribution in [0.5, 0.6) is 0 Å². The highest BCUT2D eigenvalue weighted by molar-refractivity contribution is 5.10. The summed E-state index contributed by atoms with van der Waals surface area (Å²) in [4.78, 5) is 0. The van der Waals surface area contributed by atoms with Gasteiger partial charge in [0.1, 0.15) is 0 Å². The Labute approximate surface area is 80.2 Å². The van der Waals surface area contributed by atoms with Crippen molar-refractivity contribution in [3.05, 3.63) is 0 Å². The molecule has 70 valence electrons. The molecule has 2 nitrogen and oxygen atoms in total. The average Bonchev–Trinajstić information content (AvgIpc) is 2.18. The van der Waals surface area contributed by atoms with Crippen molar-refractivity contribution in [1.29, 1.82) is 10.5 Å². The predicted molar refractivity (Wildman–Crippen MR) is 50.5 cm³/mol. The molecule has 13 heavy (non-hydrogen) atoms. The smallest absolute Gasteiger partial charge is 0.0690 e. The van der Waals surface area contributed by atoms with E-state index in [1.54, 1.807) is 0 Å². The molecule has 0 aromatic carbocycles. The van der Waals surface area contributed by atoms with Crippen molar-refractivity contribution in [2.24, 2.45) is 10.8 Å². The van der Waals surface area contributed by atoms with Gasteiger partial charge in [-0.1, -0.05) is 13.3 Å². The summed E-state index contributed by atoms with van der Waals surface area (Å²) in [5.74, 6) is 0. The van der Waals surface area contributed by atoms with Crippen molar-refractivity contribution in [3.8, 4) is 12.1 Å². The second-order valence-electron chi connectivity index (χ2n) is 4.45. The van der Waals surface area contributed by atoms with Crippen molar-refractivity contribution in [3.63, 3.8) is 0 Å². The lowest BCUT2D eigenvalue weighted by atomic mass is 9.63. The first-order chi connectivity index (χ1) is 6.10. The molecule has 0 spiro atoms. The van der Waals surface area contributed by atoms with Gasteiger partial charge in [0, 0.05) is 0 Å². The summed E-state index contributed by atoms with van der Waals surface area (Å²) in [6.07, 6.45) is 4.57. The molecule has 0 N–H and O–H groups in total. The summed E-state index contributed by atoms with van der Waals surface area (Å²) in [6, 6.07) is 4.76.